The van der Waals surface area contributed by atoms with Gasteiger partial charge >= 0.3 is 0 Å². The molecule has 0 atom stereocenters. The number of nitrogens with zero attached hydrogens (tertiary/aromatic N) is 1. The monoisotopic (exact) mass is 277 g/mol. The quantitative estimate of drug-likeness (QED) is 0.619. The van der Waals surface area contributed by atoms with Crippen molar-refractivity contribution in [3.8, 4) is 0 Å². The van der Waals surface area contributed by atoms with E-state index in [1.807, 2.05) is 0 Å². The Kier molecular flexibility index (Phi) is 4.13. The molecule has 0 unspecified atom stereocenters. The lowest BCUT2D eigenvalue weighted by Gasteiger charge is -1.99. The standard InChI is InChI=1S/C14H9Cl2NO/c15-12-2-3-13(16)11(9-12)1-4-14(18)10-5-7-17-8-6-10/h1-9H/b4-1+. The fourth-order valence-electron chi connectivity index (χ4n) is 1.42. The van der Waals surface area contributed by atoms with E-state index in [1.165, 1.54) is 6.08 Å². The minimum atomic E-state index is -0.103. The zero-order chi connectivity index (χ0) is 13.0. The van der Waals surface area contributed by atoms with Crippen molar-refractivity contribution in [2.24, 2.45) is 0 Å². The van der Waals surface area contributed by atoms with Gasteiger partial charge in [0.15, 0.2) is 5.78 Å². The number of hydrogen-bond donors (Lipinski definition) is 0. The maximum Gasteiger partial charge on any atom is 0.185 e. The summed E-state index contributed by atoms with van der Waals surface area (Å²) in [5.41, 5.74) is 1.30. The zero-order valence-corrected chi connectivity index (χ0v) is 10.8. The van der Waals surface area contributed by atoms with Gasteiger partial charge in [-0.3, -0.25) is 9.78 Å². The molecule has 1 aromatic heterocycles. The number of ketones is 1. The van der Waals surface area contributed by atoms with E-state index < -0.39 is 0 Å². The van der Waals surface area contributed by atoms with Crippen molar-refractivity contribution in [1.82, 2.24) is 4.98 Å². The Bertz CT molecular complexity index is 594. The molecule has 0 bridgehead atoms. The Hall–Kier alpha value is -1.64. The Morgan fingerprint density at radius 3 is 2.56 bits per heavy atom. The molecule has 0 N–H and O–H groups in total. The van der Waals surface area contributed by atoms with E-state index in [4.69, 9.17) is 23.2 Å². The van der Waals surface area contributed by atoms with Crippen LogP contribution in [-0.2, 0) is 0 Å². The number of hydrogen-bond acceptors (Lipinski definition) is 2. The van der Waals surface area contributed by atoms with Crippen molar-refractivity contribution in [2.75, 3.05) is 0 Å². The first-order valence-corrected chi connectivity index (χ1v) is 6.00. The lowest BCUT2D eigenvalue weighted by atomic mass is 10.1. The molecule has 2 aromatic rings. The topological polar surface area (TPSA) is 30.0 Å². The van der Waals surface area contributed by atoms with Gasteiger partial charge in [-0.25, -0.2) is 0 Å². The van der Waals surface area contributed by atoms with E-state index in [9.17, 15) is 4.79 Å². The normalized spacial score (nSPS) is 10.8. The van der Waals surface area contributed by atoms with Gasteiger partial charge in [-0.05, 0) is 48.0 Å². The van der Waals surface area contributed by atoms with Gasteiger partial charge in [-0.2, -0.15) is 0 Å². The van der Waals surface area contributed by atoms with Crippen molar-refractivity contribution in [1.29, 1.82) is 0 Å². The van der Waals surface area contributed by atoms with E-state index in [-0.39, 0.29) is 5.78 Å². The highest BCUT2D eigenvalue weighted by Gasteiger charge is 2.02. The first kappa shape index (κ1) is 12.8. The third-order valence-corrected chi connectivity index (χ3v) is 2.92. The van der Waals surface area contributed by atoms with E-state index in [0.717, 1.165) is 0 Å². The fraction of sp³-hybridized carbons (Fsp3) is 0. The van der Waals surface area contributed by atoms with Crippen LogP contribution >= 0.6 is 23.2 Å². The van der Waals surface area contributed by atoms with Gasteiger partial charge in [0.05, 0.1) is 0 Å². The summed E-state index contributed by atoms with van der Waals surface area (Å²) < 4.78 is 0. The Morgan fingerprint density at radius 1 is 1.11 bits per heavy atom. The highest BCUT2D eigenvalue weighted by atomic mass is 35.5. The minimum absolute atomic E-state index is 0.103. The smallest absolute Gasteiger partial charge is 0.185 e. The molecule has 0 radical (unpaired) electrons. The Balaban J connectivity index is 2.21. The van der Waals surface area contributed by atoms with E-state index in [0.29, 0.717) is 21.2 Å². The van der Waals surface area contributed by atoms with Crippen molar-refractivity contribution >= 4 is 35.1 Å². The summed E-state index contributed by atoms with van der Waals surface area (Å²) >= 11 is 11.9. The van der Waals surface area contributed by atoms with Crippen LogP contribution in [0.25, 0.3) is 6.08 Å². The number of carbonyl (C=O) groups excluding carboxylic acids is 1. The molecule has 0 fully saturated rings. The fourth-order valence-corrected chi connectivity index (χ4v) is 1.78. The summed E-state index contributed by atoms with van der Waals surface area (Å²) in [6.07, 6.45) is 6.27. The molecule has 0 aliphatic heterocycles. The summed E-state index contributed by atoms with van der Waals surface area (Å²) in [5.74, 6) is -0.103. The zero-order valence-electron chi connectivity index (χ0n) is 9.31. The van der Waals surface area contributed by atoms with Crippen molar-refractivity contribution in [2.45, 2.75) is 0 Å². The van der Waals surface area contributed by atoms with Crippen LogP contribution in [0.1, 0.15) is 15.9 Å². The van der Waals surface area contributed by atoms with Crippen molar-refractivity contribution in [3.63, 3.8) is 0 Å². The van der Waals surface area contributed by atoms with Gasteiger partial charge in [0, 0.05) is 28.0 Å². The Labute approximate surface area is 115 Å². The van der Waals surface area contributed by atoms with Gasteiger partial charge in [-0.1, -0.05) is 23.2 Å². The number of allylic oxidation sites excluding steroid dienone is 1. The molecule has 0 aliphatic rings. The molecule has 0 aliphatic carbocycles. The van der Waals surface area contributed by atoms with E-state index in [1.54, 1.807) is 48.8 Å². The summed E-state index contributed by atoms with van der Waals surface area (Å²) in [5, 5.41) is 1.13. The molecule has 4 heteroatoms. The molecule has 90 valence electrons. The molecule has 1 aromatic carbocycles. The second-order valence-corrected chi connectivity index (χ2v) is 4.44. The lowest BCUT2D eigenvalue weighted by Crippen LogP contribution is -1.93. The van der Waals surface area contributed by atoms with E-state index >= 15 is 0 Å². The molecule has 18 heavy (non-hydrogen) atoms. The summed E-state index contributed by atoms with van der Waals surface area (Å²) in [4.78, 5) is 15.7. The van der Waals surface area contributed by atoms with E-state index in [2.05, 4.69) is 4.98 Å². The molecule has 0 saturated carbocycles. The van der Waals surface area contributed by atoms with Gasteiger partial charge in [0.2, 0.25) is 0 Å². The first-order chi connectivity index (χ1) is 8.66. The number of rotatable bonds is 3. The van der Waals surface area contributed by atoms with Crippen LogP contribution in [0.4, 0.5) is 0 Å². The van der Waals surface area contributed by atoms with Crippen molar-refractivity contribution in [3.05, 3.63) is 70.0 Å². The third kappa shape index (κ3) is 3.19. The average molecular weight is 278 g/mol. The summed E-state index contributed by atoms with van der Waals surface area (Å²) in [7, 11) is 0. The Morgan fingerprint density at radius 2 is 1.83 bits per heavy atom. The lowest BCUT2D eigenvalue weighted by molar-refractivity contribution is 0.104. The van der Waals surface area contributed by atoms with Crippen LogP contribution in [0.15, 0.2) is 48.8 Å². The highest BCUT2D eigenvalue weighted by molar-refractivity contribution is 6.34. The number of carbonyl (C=O) groups is 1. The average Bonchev–Trinajstić information content (AvgIpc) is 2.40. The van der Waals surface area contributed by atoms with Gasteiger partial charge in [0.25, 0.3) is 0 Å². The van der Waals surface area contributed by atoms with Crippen LogP contribution < -0.4 is 0 Å². The third-order valence-electron chi connectivity index (χ3n) is 2.34. The van der Waals surface area contributed by atoms with Crippen LogP contribution in [0.3, 0.4) is 0 Å². The predicted molar refractivity (Wildman–Crippen MR) is 74.1 cm³/mol. The van der Waals surface area contributed by atoms with Gasteiger partial charge < -0.3 is 0 Å². The largest absolute Gasteiger partial charge is 0.289 e. The maximum absolute atomic E-state index is 11.8. The molecule has 0 saturated heterocycles. The predicted octanol–water partition coefficient (Wildman–Crippen LogP) is 4.28. The molecule has 0 spiro atoms. The SMILES string of the molecule is O=C(/C=C/c1cc(Cl)ccc1Cl)c1ccncc1. The number of benzene rings is 1. The van der Waals surface area contributed by atoms with Crippen LogP contribution in [0.2, 0.25) is 10.0 Å². The number of halogens is 2. The number of aromatic nitrogens is 1. The molecule has 2 rings (SSSR count). The maximum atomic E-state index is 11.8. The van der Waals surface area contributed by atoms with Crippen LogP contribution in [0.5, 0.6) is 0 Å². The van der Waals surface area contributed by atoms with Gasteiger partial charge in [-0.15, -0.1) is 0 Å². The molecular formula is C14H9Cl2NO. The molecule has 0 amide bonds. The second-order valence-electron chi connectivity index (χ2n) is 3.60. The van der Waals surface area contributed by atoms with Crippen LogP contribution in [-0.4, -0.2) is 10.8 Å². The second kappa shape index (κ2) is 5.80. The molecular weight excluding hydrogens is 269 g/mol. The number of pyridine rings is 1. The summed E-state index contributed by atoms with van der Waals surface area (Å²) in [6, 6.07) is 8.42. The summed E-state index contributed by atoms with van der Waals surface area (Å²) in [6.45, 7) is 0. The minimum Gasteiger partial charge on any atom is -0.289 e. The molecule has 1 heterocycles. The van der Waals surface area contributed by atoms with Crippen LogP contribution in [0, 0.1) is 0 Å². The molecule has 2 nitrogen and oxygen atoms in total. The highest BCUT2D eigenvalue weighted by Crippen LogP contribution is 2.21. The van der Waals surface area contributed by atoms with Crippen molar-refractivity contribution < 1.29 is 4.79 Å². The van der Waals surface area contributed by atoms with Gasteiger partial charge in [0.1, 0.15) is 0 Å². The first-order valence-electron chi connectivity index (χ1n) is 5.24.